The molecule has 2 fully saturated rings. The van der Waals surface area contributed by atoms with E-state index in [2.05, 4.69) is 13.8 Å². The number of nitrogens with zero attached hydrogens (tertiary/aromatic N) is 2. The second-order valence-electron chi connectivity index (χ2n) is 8.57. The number of hydrogen-bond donors (Lipinski definition) is 0. The Bertz CT molecular complexity index is 647. The average molecular weight is 423 g/mol. The fraction of sp³-hybridized carbons (Fsp3) is 1.00. The van der Waals surface area contributed by atoms with Gasteiger partial charge in [-0.25, -0.2) is 25.4 Å². The second-order valence-corrected chi connectivity index (χ2v) is 12.7. The van der Waals surface area contributed by atoms with Crippen LogP contribution in [0, 0.1) is 17.8 Å². The molecule has 0 aromatic carbocycles. The minimum absolute atomic E-state index is 0.236. The Balaban J connectivity index is 1.73. The largest absolute Gasteiger partial charge is 0.214 e. The molecule has 6 nitrogen and oxygen atoms in total. The predicted octanol–water partition coefficient (Wildman–Crippen LogP) is 2.92. The van der Waals surface area contributed by atoms with Gasteiger partial charge in [-0.2, -0.15) is 0 Å². The van der Waals surface area contributed by atoms with E-state index in [4.69, 9.17) is 0 Å². The summed E-state index contributed by atoms with van der Waals surface area (Å²) >= 11 is 0. The first kappa shape index (κ1) is 23.1. The molecular weight excluding hydrogens is 384 g/mol. The molecule has 0 spiro atoms. The maximum absolute atomic E-state index is 12.5. The van der Waals surface area contributed by atoms with Crippen molar-refractivity contribution >= 4 is 20.0 Å². The van der Waals surface area contributed by atoms with Crippen molar-refractivity contribution in [1.29, 1.82) is 0 Å². The van der Waals surface area contributed by atoms with Gasteiger partial charge in [0.15, 0.2) is 0 Å². The summed E-state index contributed by atoms with van der Waals surface area (Å²) in [7, 11) is -6.21. The molecule has 2 rings (SSSR count). The Morgan fingerprint density at radius 3 is 1.85 bits per heavy atom. The molecule has 1 atom stereocenters. The smallest absolute Gasteiger partial charge is 0.212 e. The van der Waals surface area contributed by atoms with Crippen molar-refractivity contribution < 1.29 is 16.8 Å². The molecule has 0 radical (unpaired) electrons. The Labute approximate surface area is 166 Å². The quantitative estimate of drug-likeness (QED) is 0.572. The highest BCUT2D eigenvalue weighted by atomic mass is 32.2. The second kappa shape index (κ2) is 10.0. The number of hydrogen-bond acceptors (Lipinski definition) is 4. The van der Waals surface area contributed by atoms with Gasteiger partial charge in [-0.3, -0.25) is 0 Å². The lowest BCUT2D eigenvalue weighted by molar-refractivity contribution is 0.209. The van der Waals surface area contributed by atoms with Crippen LogP contribution in [0.3, 0.4) is 0 Å². The first-order chi connectivity index (χ1) is 12.7. The highest BCUT2D eigenvalue weighted by Gasteiger charge is 2.30. The van der Waals surface area contributed by atoms with Crippen LogP contribution in [0.4, 0.5) is 0 Å². The number of sulfonamides is 2. The molecule has 0 saturated carbocycles. The zero-order valence-electron chi connectivity index (χ0n) is 17.3. The third kappa shape index (κ3) is 6.68. The highest BCUT2D eigenvalue weighted by Crippen LogP contribution is 2.29. The van der Waals surface area contributed by atoms with E-state index >= 15 is 0 Å². The lowest BCUT2D eigenvalue weighted by Crippen LogP contribution is -2.41. The molecule has 2 aliphatic heterocycles. The fourth-order valence-corrected chi connectivity index (χ4v) is 7.42. The normalized spacial score (nSPS) is 23.5. The first-order valence-electron chi connectivity index (χ1n) is 10.6. The minimum atomic E-state index is -3.12. The molecule has 2 heterocycles. The Morgan fingerprint density at radius 2 is 1.33 bits per heavy atom. The van der Waals surface area contributed by atoms with Crippen LogP contribution in [0.2, 0.25) is 0 Å². The van der Waals surface area contributed by atoms with E-state index in [9.17, 15) is 16.8 Å². The fourth-order valence-electron chi connectivity index (χ4n) is 4.33. The summed E-state index contributed by atoms with van der Waals surface area (Å²) in [5, 5.41) is 0. The Morgan fingerprint density at radius 1 is 0.852 bits per heavy atom. The van der Waals surface area contributed by atoms with Crippen LogP contribution in [0.15, 0.2) is 0 Å². The molecule has 2 aliphatic rings. The minimum Gasteiger partial charge on any atom is -0.212 e. The van der Waals surface area contributed by atoms with Gasteiger partial charge in [-0.15, -0.1) is 0 Å². The summed E-state index contributed by atoms with van der Waals surface area (Å²) in [6, 6.07) is 0. The summed E-state index contributed by atoms with van der Waals surface area (Å²) in [6.07, 6.45) is 5.97. The van der Waals surface area contributed by atoms with Crippen LogP contribution in [0.5, 0.6) is 0 Å². The highest BCUT2D eigenvalue weighted by molar-refractivity contribution is 7.89. The molecule has 1 unspecified atom stereocenters. The van der Waals surface area contributed by atoms with Gasteiger partial charge >= 0.3 is 0 Å². The zero-order valence-corrected chi connectivity index (χ0v) is 18.9. The maximum Gasteiger partial charge on any atom is 0.214 e. The van der Waals surface area contributed by atoms with Crippen molar-refractivity contribution in [2.75, 3.05) is 37.7 Å². The molecule has 0 aromatic rings. The number of rotatable bonds is 9. The molecule has 0 aliphatic carbocycles. The summed E-state index contributed by atoms with van der Waals surface area (Å²) in [4.78, 5) is 0. The van der Waals surface area contributed by atoms with Gasteiger partial charge in [0.2, 0.25) is 20.0 Å². The van der Waals surface area contributed by atoms with Gasteiger partial charge in [0.1, 0.15) is 0 Å². The van der Waals surface area contributed by atoms with E-state index in [0.717, 1.165) is 32.1 Å². The van der Waals surface area contributed by atoms with E-state index in [1.807, 2.05) is 6.92 Å². The standard InChI is InChI=1S/C19H38N2O4S2/c1-4-15-26(22,23)21-13-9-19(10-14-21)18(3)6-5-16-27(24,25)20-11-7-17(2)8-12-20/h17-19H,4-16H2,1-3H3. The van der Waals surface area contributed by atoms with Crippen LogP contribution in [-0.4, -0.2) is 63.1 Å². The van der Waals surface area contributed by atoms with Crippen LogP contribution < -0.4 is 0 Å². The average Bonchev–Trinajstić information content (AvgIpc) is 2.62. The predicted molar refractivity (Wildman–Crippen MR) is 111 cm³/mol. The molecular formula is C19H38N2O4S2. The lowest BCUT2D eigenvalue weighted by Gasteiger charge is -2.34. The van der Waals surface area contributed by atoms with Crippen molar-refractivity contribution in [2.24, 2.45) is 17.8 Å². The zero-order chi connectivity index (χ0) is 20.1. The Hall–Kier alpha value is -0.180. The van der Waals surface area contributed by atoms with Gasteiger partial charge in [-0.05, 0) is 62.7 Å². The molecule has 8 heteroatoms. The van der Waals surface area contributed by atoms with Gasteiger partial charge in [-0.1, -0.05) is 20.8 Å². The van der Waals surface area contributed by atoms with Crippen LogP contribution in [0.25, 0.3) is 0 Å². The summed E-state index contributed by atoms with van der Waals surface area (Å²) in [6.45, 7) is 8.84. The molecule has 27 heavy (non-hydrogen) atoms. The maximum atomic E-state index is 12.5. The van der Waals surface area contributed by atoms with E-state index in [0.29, 0.717) is 56.8 Å². The van der Waals surface area contributed by atoms with Crippen molar-refractivity contribution in [3.63, 3.8) is 0 Å². The van der Waals surface area contributed by atoms with E-state index < -0.39 is 20.0 Å². The molecule has 160 valence electrons. The monoisotopic (exact) mass is 422 g/mol. The van der Waals surface area contributed by atoms with E-state index in [-0.39, 0.29) is 11.5 Å². The van der Waals surface area contributed by atoms with Gasteiger partial charge in [0.25, 0.3) is 0 Å². The molecule has 0 bridgehead atoms. The topological polar surface area (TPSA) is 74.8 Å². The van der Waals surface area contributed by atoms with Crippen molar-refractivity contribution in [2.45, 2.75) is 65.7 Å². The van der Waals surface area contributed by atoms with Gasteiger partial charge in [0.05, 0.1) is 11.5 Å². The van der Waals surface area contributed by atoms with Crippen molar-refractivity contribution in [3.8, 4) is 0 Å². The SMILES string of the molecule is CCCS(=O)(=O)N1CCC(C(C)CCCS(=O)(=O)N2CCC(C)CC2)CC1. The number of piperidine rings is 2. The van der Waals surface area contributed by atoms with Crippen LogP contribution in [0.1, 0.15) is 65.7 Å². The summed E-state index contributed by atoms with van der Waals surface area (Å²) in [5.41, 5.74) is 0. The Kier molecular flexibility index (Phi) is 8.58. The van der Waals surface area contributed by atoms with Crippen molar-refractivity contribution in [3.05, 3.63) is 0 Å². The third-order valence-electron chi connectivity index (χ3n) is 6.36. The van der Waals surface area contributed by atoms with Crippen LogP contribution >= 0.6 is 0 Å². The van der Waals surface area contributed by atoms with Gasteiger partial charge < -0.3 is 0 Å². The molecule has 2 saturated heterocycles. The molecule has 0 aromatic heterocycles. The van der Waals surface area contributed by atoms with E-state index in [1.165, 1.54) is 0 Å². The van der Waals surface area contributed by atoms with Crippen LogP contribution in [-0.2, 0) is 20.0 Å². The molecule has 0 amide bonds. The first-order valence-corrected chi connectivity index (χ1v) is 13.8. The van der Waals surface area contributed by atoms with E-state index in [1.54, 1.807) is 8.61 Å². The summed E-state index contributed by atoms with van der Waals surface area (Å²) in [5.74, 6) is 2.05. The third-order valence-corrected chi connectivity index (χ3v) is 10.4. The van der Waals surface area contributed by atoms with Gasteiger partial charge in [0, 0.05) is 26.2 Å². The van der Waals surface area contributed by atoms with Crippen molar-refractivity contribution in [1.82, 2.24) is 8.61 Å². The molecule has 0 N–H and O–H groups in total. The summed E-state index contributed by atoms with van der Waals surface area (Å²) < 4.78 is 52.7. The lowest BCUT2D eigenvalue weighted by atomic mass is 9.83.